The third-order valence-corrected chi connectivity index (χ3v) is 5.67. The summed E-state index contributed by atoms with van der Waals surface area (Å²) in [5.41, 5.74) is 0.628. The maximum atomic E-state index is 12.9. The van der Waals surface area contributed by atoms with Gasteiger partial charge in [-0.1, -0.05) is 70.0 Å². The summed E-state index contributed by atoms with van der Waals surface area (Å²) in [7, 11) is 0. The molecule has 9 heteroatoms. The van der Waals surface area contributed by atoms with Crippen molar-refractivity contribution in [2.24, 2.45) is 5.92 Å². The second kappa shape index (κ2) is 14.5. The van der Waals surface area contributed by atoms with Crippen molar-refractivity contribution in [1.82, 2.24) is 16.0 Å². The first-order valence-electron chi connectivity index (χ1n) is 12.4. The van der Waals surface area contributed by atoms with Crippen molar-refractivity contribution < 1.29 is 28.7 Å². The van der Waals surface area contributed by atoms with Crippen LogP contribution in [0.1, 0.15) is 67.7 Å². The Morgan fingerprint density at radius 3 is 1.86 bits per heavy atom. The maximum absolute atomic E-state index is 12.9. The molecule has 0 aromatic heterocycles. The van der Waals surface area contributed by atoms with Crippen molar-refractivity contribution in [2.75, 3.05) is 0 Å². The van der Waals surface area contributed by atoms with E-state index in [4.69, 9.17) is 4.74 Å². The van der Waals surface area contributed by atoms with Gasteiger partial charge >= 0.3 is 11.9 Å². The molecule has 9 nitrogen and oxygen atoms in total. The topological polar surface area (TPSA) is 131 Å². The summed E-state index contributed by atoms with van der Waals surface area (Å²) in [5, 5.41) is 7.89. The van der Waals surface area contributed by atoms with Gasteiger partial charge in [0.15, 0.2) is 0 Å². The van der Waals surface area contributed by atoms with E-state index in [-0.39, 0.29) is 17.9 Å². The molecule has 0 spiro atoms. The molecule has 0 saturated carbocycles. The average molecular weight is 510 g/mol. The Balaban J connectivity index is 2.01. The van der Waals surface area contributed by atoms with E-state index in [9.17, 15) is 24.0 Å². The molecule has 3 atom stereocenters. The molecule has 2 rings (SSSR count). The monoisotopic (exact) mass is 509 g/mol. The third-order valence-electron chi connectivity index (χ3n) is 5.67. The fourth-order valence-corrected chi connectivity index (χ4v) is 3.47. The summed E-state index contributed by atoms with van der Waals surface area (Å²) in [6.45, 7) is 6.96. The van der Waals surface area contributed by atoms with Crippen LogP contribution in [-0.2, 0) is 19.1 Å². The minimum Gasteiger partial charge on any atom is -0.388 e. The second-order valence-electron chi connectivity index (χ2n) is 9.07. The summed E-state index contributed by atoms with van der Waals surface area (Å²) in [5.74, 6) is -3.48. The number of nitrogens with one attached hydrogen (secondary N) is 3. The first kappa shape index (κ1) is 29.2. The molecule has 2 aromatic carbocycles. The summed E-state index contributed by atoms with van der Waals surface area (Å²) in [6.07, 6.45) is 1.64. The van der Waals surface area contributed by atoms with Crippen LogP contribution in [0.2, 0.25) is 0 Å². The van der Waals surface area contributed by atoms with Gasteiger partial charge in [0.1, 0.15) is 18.1 Å². The molecule has 3 N–H and O–H groups in total. The van der Waals surface area contributed by atoms with Gasteiger partial charge in [-0.3, -0.25) is 14.4 Å². The van der Waals surface area contributed by atoms with Gasteiger partial charge in [0.2, 0.25) is 11.8 Å². The second-order valence-corrected chi connectivity index (χ2v) is 9.07. The number of esters is 2. The van der Waals surface area contributed by atoms with E-state index in [0.29, 0.717) is 12.0 Å². The van der Waals surface area contributed by atoms with Crippen LogP contribution in [-0.4, -0.2) is 47.8 Å². The molecular weight excluding hydrogens is 474 g/mol. The Morgan fingerprint density at radius 2 is 1.32 bits per heavy atom. The highest BCUT2D eigenvalue weighted by molar-refractivity contribution is 6.00. The van der Waals surface area contributed by atoms with Crippen LogP contribution in [0.5, 0.6) is 0 Å². The Kier molecular flexibility index (Phi) is 11.5. The van der Waals surface area contributed by atoms with Crippen molar-refractivity contribution in [3.63, 3.8) is 0 Å². The van der Waals surface area contributed by atoms with E-state index in [2.05, 4.69) is 16.0 Å². The van der Waals surface area contributed by atoms with Crippen LogP contribution >= 0.6 is 0 Å². The van der Waals surface area contributed by atoms with Crippen LogP contribution in [0.3, 0.4) is 0 Å². The van der Waals surface area contributed by atoms with Gasteiger partial charge in [-0.25, -0.2) is 9.59 Å². The standard InChI is InChI=1S/C28H35N3O6/c1-5-6-17-22(28(36)37-27(35)21-15-11-8-12-16-21)30-24(32)19(4)29-26(34)23(18(2)3)31-25(33)20-13-9-7-10-14-20/h7-16,18-19,22-23H,5-6,17H2,1-4H3,(H,29,34)(H,30,32)(H,31,33)/t19-,22-,23-/m0/s1. The van der Waals surface area contributed by atoms with E-state index < -0.39 is 47.8 Å². The molecule has 0 unspecified atom stereocenters. The van der Waals surface area contributed by atoms with E-state index >= 15 is 0 Å². The lowest BCUT2D eigenvalue weighted by molar-refractivity contribution is -0.143. The van der Waals surface area contributed by atoms with Crippen LogP contribution in [0.4, 0.5) is 0 Å². The van der Waals surface area contributed by atoms with Gasteiger partial charge in [0, 0.05) is 5.56 Å². The molecule has 0 aliphatic heterocycles. The lowest BCUT2D eigenvalue weighted by atomic mass is 10.0. The van der Waals surface area contributed by atoms with E-state index in [1.165, 1.54) is 19.1 Å². The highest BCUT2D eigenvalue weighted by atomic mass is 16.6. The van der Waals surface area contributed by atoms with Crippen LogP contribution < -0.4 is 16.0 Å². The van der Waals surface area contributed by atoms with Gasteiger partial charge < -0.3 is 20.7 Å². The van der Waals surface area contributed by atoms with Gasteiger partial charge in [0.05, 0.1) is 5.56 Å². The predicted molar refractivity (Wildman–Crippen MR) is 138 cm³/mol. The van der Waals surface area contributed by atoms with Crippen LogP contribution in [0.25, 0.3) is 0 Å². The molecule has 2 aromatic rings. The first-order valence-corrected chi connectivity index (χ1v) is 12.4. The van der Waals surface area contributed by atoms with Crippen LogP contribution in [0, 0.1) is 5.92 Å². The first-order chi connectivity index (χ1) is 17.6. The molecule has 37 heavy (non-hydrogen) atoms. The van der Waals surface area contributed by atoms with Gasteiger partial charge in [-0.15, -0.1) is 0 Å². The molecule has 3 amide bonds. The Labute approximate surface area is 217 Å². The number of carbonyl (C=O) groups excluding carboxylic acids is 5. The number of amides is 3. The number of ether oxygens (including phenoxy) is 1. The molecule has 198 valence electrons. The predicted octanol–water partition coefficient (Wildman–Crippen LogP) is 3.00. The minimum atomic E-state index is -1.06. The Bertz CT molecular complexity index is 1070. The number of benzene rings is 2. The summed E-state index contributed by atoms with van der Waals surface area (Å²) >= 11 is 0. The van der Waals surface area contributed by atoms with E-state index in [1.54, 1.807) is 62.4 Å². The van der Waals surface area contributed by atoms with Crippen molar-refractivity contribution in [3.05, 3.63) is 71.8 Å². The summed E-state index contributed by atoms with van der Waals surface area (Å²) in [4.78, 5) is 63.3. The van der Waals surface area contributed by atoms with E-state index in [0.717, 1.165) is 6.42 Å². The van der Waals surface area contributed by atoms with Crippen molar-refractivity contribution in [2.45, 2.75) is 65.1 Å². The van der Waals surface area contributed by atoms with Gasteiger partial charge in [-0.05, 0) is 43.5 Å². The number of unbranched alkanes of at least 4 members (excludes halogenated alkanes) is 1. The van der Waals surface area contributed by atoms with Crippen LogP contribution in [0.15, 0.2) is 60.7 Å². The lowest BCUT2D eigenvalue weighted by Gasteiger charge is -2.25. The number of carbonyl (C=O) groups is 5. The number of hydrogen-bond donors (Lipinski definition) is 3. The zero-order valence-corrected chi connectivity index (χ0v) is 21.7. The molecule has 0 aliphatic carbocycles. The smallest absolute Gasteiger partial charge is 0.345 e. The quantitative estimate of drug-likeness (QED) is 0.298. The van der Waals surface area contributed by atoms with Gasteiger partial charge in [-0.2, -0.15) is 0 Å². The fraction of sp³-hybridized carbons (Fsp3) is 0.393. The summed E-state index contributed by atoms with van der Waals surface area (Å²) < 4.78 is 4.99. The Morgan fingerprint density at radius 1 is 0.757 bits per heavy atom. The highest BCUT2D eigenvalue weighted by Crippen LogP contribution is 2.09. The normalized spacial score (nSPS) is 13.1. The SMILES string of the molecule is CCCC[C@H](NC(=O)[C@H](C)NC(=O)[C@@H](NC(=O)c1ccccc1)C(C)C)C(=O)OC(=O)c1ccccc1. The molecular formula is C28H35N3O6. The molecule has 0 bridgehead atoms. The van der Waals surface area contributed by atoms with Crippen molar-refractivity contribution >= 4 is 29.7 Å². The Hall–Kier alpha value is -4.01. The zero-order chi connectivity index (χ0) is 27.4. The third kappa shape index (κ3) is 9.18. The number of rotatable bonds is 12. The zero-order valence-electron chi connectivity index (χ0n) is 21.7. The highest BCUT2D eigenvalue weighted by Gasteiger charge is 2.30. The molecule has 0 aliphatic rings. The summed E-state index contributed by atoms with van der Waals surface area (Å²) in [6, 6.07) is 13.6. The average Bonchev–Trinajstić information content (AvgIpc) is 2.89. The minimum absolute atomic E-state index is 0.217. The fourth-order valence-electron chi connectivity index (χ4n) is 3.47. The van der Waals surface area contributed by atoms with E-state index in [1.807, 2.05) is 6.92 Å². The number of hydrogen-bond acceptors (Lipinski definition) is 6. The van der Waals surface area contributed by atoms with Crippen molar-refractivity contribution in [1.29, 1.82) is 0 Å². The molecule has 0 heterocycles. The maximum Gasteiger partial charge on any atom is 0.345 e. The lowest BCUT2D eigenvalue weighted by Crippen LogP contribution is -2.56. The molecule has 0 saturated heterocycles. The largest absolute Gasteiger partial charge is 0.388 e. The molecule has 0 radical (unpaired) electrons. The molecule has 0 fully saturated rings. The van der Waals surface area contributed by atoms with Gasteiger partial charge in [0.25, 0.3) is 5.91 Å². The van der Waals surface area contributed by atoms with Crippen molar-refractivity contribution in [3.8, 4) is 0 Å².